The van der Waals surface area contributed by atoms with Gasteiger partial charge >= 0.3 is 12.1 Å². The highest BCUT2D eigenvalue weighted by atomic mass is 35.5. The van der Waals surface area contributed by atoms with Crippen molar-refractivity contribution in [3.05, 3.63) is 70.9 Å². The highest BCUT2D eigenvalue weighted by Crippen LogP contribution is 2.21. The zero-order chi connectivity index (χ0) is 21.4. The van der Waals surface area contributed by atoms with Crippen molar-refractivity contribution in [2.45, 2.75) is 12.6 Å². The van der Waals surface area contributed by atoms with E-state index in [0.29, 0.717) is 18.2 Å². The van der Waals surface area contributed by atoms with Crippen molar-refractivity contribution in [1.82, 2.24) is 5.32 Å². The zero-order valence-electron chi connectivity index (χ0n) is 15.5. The molecule has 2 aromatic rings. The van der Waals surface area contributed by atoms with Crippen molar-refractivity contribution in [2.75, 3.05) is 13.7 Å². The Morgan fingerprint density at radius 3 is 2.52 bits per heavy atom. The number of nitrogens with two attached hydrogens (primary N) is 1. The highest BCUT2D eigenvalue weighted by molar-refractivity contribution is 6.41. The molecule has 0 aliphatic heterocycles. The lowest BCUT2D eigenvalue weighted by atomic mass is 10.1. The monoisotopic (exact) mass is 426 g/mol. The first kappa shape index (κ1) is 22.3. The predicted octanol–water partition coefficient (Wildman–Crippen LogP) is 2.27. The van der Waals surface area contributed by atoms with Gasteiger partial charge in [0.05, 0.1) is 7.11 Å². The zero-order valence-corrected chi connectivity index (χ0v) is 16.3. The van der Waals surface area contributed by atoms with E-state index in [4.69, 9.17) is 22.1 Å². The number of hydrogen-bond donors (Lipinski definition) is 3. The molecule has 0 aromatic heterocycles. The van der Waals surface area contributed by atoms with Crippen molar-refractivity contribution < 1.29 is 27.7 Å². The van der Waals surface area contributed by atoms with Gasteiger partial charge in [-0.05, 0) is 24.1 Å². The van der Waals surface area contributed by atoms with Crippen molar-refractivity contribution in [2.24, 2.45) is 5.73 Å². The summed E-state index contributed by atoms with van der Waals surface area (Å²) in [4.78, 5) is 15.1. The quantitative estimate of drug-likeness (QED) is 0.594. The molecule has 0 saturated heterocycles. The van der Waals surface area contributed by atoms with E-state index in [1.807, 2.05) is 18.2 Å². The van der Waals surface area contributed by atoms with Gasteiger partial charge in [-0.15, -0.1) is 0 Å². The maximum atomic E-state index is 12.8. The van der Waals surface area contributed by atoms with Gasteiger partial charge in [-0.1, -0.05) is 41.9 Å². The van der Waals surface area contributed by atoms with Crippen molar-refractivity contribution in [3.8, 4) is 5.75 Å². The van der Waals surface area contributed by atoms with Crippen LogP contribution < -0.4 is 20.8 Å². The van der Waals surface area contributed by atoms with Gasteiger partial charge in [0.2, 0.25) is 5.69 Å². The van der Waals surface area contributed by atoms with Crippen LogP contribution in [0.25, 0.3) is 0 Å². The van der Waals surface area contributed by atoms with Crippen LogP contribution in [0, 0.1) is 0 Å². The van der Waals surface area contributed by atoms with Gasteiger partial charge in [-0.2, -0.15) is 18.2 Å². The number of carbonyl (C=O) groups is 1. The number of ether oxygens (including phenoxy) is 1. The molecule has 4 N–H and O–H groups in total. The molecule has 0 spiro atoms. The Morgan fingerprint density at radius 2 is 1.86 bits per heavy atom. The summed E-state index contributed by atoms with van der Waals surface area (Å²) < 4.78 is 43.8. The third-order valence-corrected chi connectivity index (χ3v) is 4.22. The van der Waals surface area contributed by atoms with Crippen LogP contribution in [0.2, 0.25) is 5.02 Å². The molecule has 0 atom stereocenters. The van der Waals surface area contributed by atoms with E-state index < -0.39 is 17.8 Å². The summed E-state index contributed by atoms with van der Waals surface area (Å²) in [5.41, 5.74) is 4.41. The number of benzene rings is 2. The van der Waals surface area contributed by atoms with Crippen LogP contribution in [-0.4, -0.2) is 31.4 Å². The van der Waals surface area contributed by atoms with Gasteiger partial charge in [0.15, 0.2) is 0 Å². The van der Waals surface area contributed by atoms with E-state index >= 15 is 0 Å². The molecule has 2 rings (SSSR count). The molecular weight excluding hydrogens is 407 g/mol. The largest absolute Gasteiger partial charge is 0.496 e. The normalized spacial score (nSPS) is 12.6. The Morgan fingerprint density at radius 1 is 1.21 bits per heavy atom. The predicted molar refractivity (Wildman–Crippen MR) is 105 cm³/mol. The van der Waals surface area contributed by atoms with Crippen LogP contribution in [0.15, 0.2) is 60.3 Å². The summed E-state index contributed by atoms with van der Waals surface area (Å²) in [6.07, 6.45) is -3.81. The molecular formula is C20H20ClF3N3O2+. The second-order valence-corrected chi connectivity index (χ2v) is 6.34. The van der Waals surface area contributed by atoms with Crippen molar-refractivity contribution in [1.29, 1.82) is 0 Å². The fourth-order valence-corrected chi connectivity index (χ4v) is 2.60. The van der Waals surface area contributed by atoms with Crippen LogP contribution in [0.3, 0.4) is 0 Å². The fourth-order valence-electron chi connectivity index (χ4n) is 2.42. The number of halogens is 4. The molecule has 0 unspecified atom stereocenters. The van der Waals surface area contributed by atoms with Crippen molar-refractivity contribution >= 4 is 28.9 Å². The van der Waals surface area contributed by atoms with Crippen LogP contribution in [-0.2, 0) is 11.2 Å². The standard InChI is InChI=1S/C20H19ClF3N3O2/c1-29-17-9-5-2-6-13(17)10-11-26-19(28)16(12-18(25)20(22,23)24)27-15-8-4-3-7-14(15)21/h2-9,12H,10-11,25H2,1H3,(H,26,28)/p+1. The number of rotatable bonds is 7. The highest BCUT2D eigenvalue weighted by Gasteiger charge is 2.33. The van der Waals surface area contributed by atoms with Gasteiger partial charge in [-0.25, -0.2) is 0 Å². The van der Waals surface area contributed by atoms with E-state index in [2.05, 4.69) is 10.3 Å². The van der Waals surface area contributed by atoms with Gasteiger partial charge in [0.25, 0.3) is 5.71 Å². The molecule has 0 bridgehead atoms. The molecule has 0 heterocycles. The van der Waals surface area contributed by atoms with Crippen LogP contribution >= 0.6 is 11.6 Å². The molecule has 0 fully saturated rings. The number of carbonyl (C=O) groups excluding carboxylic acids is 1. The molecule has 2 aromatic carbocycles. The second kappa shape index (κ2) is 9.97. The third-order valence-electron chi connectivity index (χ3n) is 3.89. The van der Waals surface area contributed by atoms with Crippen LogP contribution in [0.5, 0.6) is 5.75 Å². The smallest absolute Gasteiger partial charge is 0.430 e. The molecule has 154 valence electrons. The average molecular weight is 427 g/mol. The SMILES string of the molecule is COc1ccccc1CCNC(=O)C(C=C(N)C(F)(F)F)=[NH+]c1ccccc1Cl. The van der Waals surface area contributed by atoms with Gasteiger partial charge in [0.1, 0.15) is 16.5 Å². The summed E-state index contributed by atoms with van der Waals surface area (Å²) in [6, 6.07) is 13.6. The van der Waals surface area contributed by atoms with E-state index in [0.717, 1.165) is 5.56 Å². The molecule has 0 aliphatic rings. The summed E-state index contributed by atoms with van der Waals surface area (Å²) in [5, 5.41) is 2.82. The molecule has 0 saturated carbocycles. The van der Waals surface area contributed by atoms with E-state index in [9.17, 15) is 18.0 Å². The Balaban J connectivity index is 2.22. The van der Waals surface area contributed by atoms with Gasteiger partial charge in [-0.3, -0.25) is 4.79 Å². The number of hydrogen-bond acceptors (Lipinski definition) is 3. The van der Waals surface area contributed by atoms with E-state index in [1.54, 1.807) is 18.2 Å². The van der Waals surface area contributed by atoms with Crippen LogP contribution in [0.4, 0.5) is 18.9 Å². The lowest BCUT2D eigenvalue weighted by Gasteiger charge is -2.09. The lowest BCUT2D eigenvalue weighted by Crippen LogP contribution is -2.69. The number of methoxy groups -OCH3 is 1. The number of alkyl halides is 3. The molecule has 5 nitrogen and oxygen atoms in total. The maximum absolute atomic E-state index is 12.8. The van der Waals surface area contributed by atoms with Crippen molar-refractivity contribution in [3.63, 3.8) is 0 Å². The van der Waals surface area contributed by atoms with Gasteiger partial charge in [0, 0.05) is 18.7 Å². The molecule has 0 aliphatic carbocycles. The molecule has 9 heteroatoms. The summed E-state index contributed by atoms with van der Waals surface area (Å²) in [6.45, 7) is 0.173. The minimum Gasteiger partial charge on any atom is -0.496 e. The number of para-hydroxylation sites is 2. The van der Waals surface area contributed by atoms with E-state index in [1.165, 1.54) is 19.2 Å². The fraction of sp³-hybridized carbons (Fsp3) is 0.200. The molecule has 1 amide bonds. The van der Waals surface area contributed by atoms with Gasteiger partial charge < -0.3 is 15.8 Å². The summed E-state index contributed by atoms with van der Waals surface area (Å²) in [5.74, 6) is -0.103. The number of nitrogens with one attached hydrogen (secondary N) is 2. The second-order valence-electron chi connectivity index (χ2n) is 5.93. The Hall–Kier alpha value is -3.00. The molecule has 29 heavy (non-hydrogen) atoms. The third kappa shape index (κ3) is 6.53. The first-order valence-electron chi connectivity index (χ1n) is 8.55. The lowest BCUT2D eigenvalue weighted by molar-refractivity contribution is -0.352. The van der Waals surface area contributed by atoms with Crippen LogP contribution in [0.1, 0.15) is 5.56 Å². The molecule has 0 radical (unpaired) electrons. The Bertz CT molecular complexity index is 927. The minimum absolute atomic E-state index is 0.173. The Kier molecular flexibility index (Phi) is 7.67. The first-order chi connectivity index (χ1) is 13.7. The number of allylic oxidation sites excluding steroid dienone is 1. The first-order valence-corrected chi connectivity index (χ1v) is 8.93. The topological polar surface area (TPSA) is 78.3 Å². The van der Waals surface area contributed by atoms with E-state index in [-0.39, 0.29) is 23.0 Å². The maximum Gasteiger partial charge on any atom is 0.430 e. The Labute approximate surface area is 171 Å². The number of amides is 1. The average Bonchev–Trinajstić information content (AvgIpc) is 2.68. The summed E-state index contributed by atoms with van der Waals surface area (Å²) >= 11 is 6.02. The minimum atomic E-state index is -4.77. The summed E-state index contributed by atoms with van der Waals surface area (Å²) in [7, 11) is 1.53.